The molecule has 0 saturated carbocycles. The Morgan fingerprint density at radius 2 is 0.632 bits per heavy atom. The number of rotatable bonds is 8. The summed E-state index contributed by atoms with van der Waals surface area (Å²) >= 11 is 0. The lowest BCUT2D eigenvalue weighted by Crippen LogP contribution is -1.96. The van der Waals surface area contributed by atoms with E-state index in [0.717, 1.165) is 0 Å². The van der Waals surface area contributed by atoms with Crippen molar-refractivity contribution < 1.29 is 37.9 Å². The molecule has 3 aromatic carbocycles. The summed E-state index contributed by atoms with van der Waals surface area (Å²) in [5.41, 5.74) is 2.60. The number of hydrogen-bond acceptors (Lipinski definition) is 8. The van der Waals surface area contributed by atoms with Crippen LogP contribution in [0.15, 0.2) is 36.4 Å². The molecule has 3 aromatic rings. The molecule has 0 N–H and O–H groups in total. The maximum atomic E-state index is 5.49. The minimum Gasteiger partial charge on any atom is -0.493 e. The topological polar surface area (TPSA) is 73.8 Å². The summed E-state index contributed by atoms with van der Waals surface area (Å²) in [4.78, 5) is 0. The van der Waals surface area contributed by atoms with E-state index in [2.05, 4.69) is 23.7 Å². The highest BCUT2D eigenvalue weighted by atomic mass is 16.5. The van der Waals surface area contributed by atoms with Crippen LogP contribution in [0.2, 0.25) is 0 Å². The summed E-state index contributed by atoms with van der Waals surface area (Å²) in [5.74, 6) is 16.7. The van der Waals surface area contributed by atoms with Crippen molar-refractivity contribution in [1.82, 2.24) is 0 Å². The van der Waals surface area contributed by atoms with Crippen molar-refractivity contribution in [2.45, 2.75) is 0 Å². The highest BCUT2D eigenvalue weighted by Crippen LogP contribution is 2.39. The Morgan fingerprint density at radius 3 is 0.868 bits per heavy atom. The first-order chi connectivity index (χ1) is 18.5. The molecular weight excluding hydrogens is 488 g/mol. The molecule has 0 radical (unpaired) electrons. The standard InChI is InChI=1S/C30H30O8/c1-31-23-17-21(11-9-19-13-25(33-3)29(37-7)26(14-19)34-4)22(18-24(23)32-2)12-10-20-15-27(35-5)30(38-8)28(16-20)36-6/h13-18H,1-8H3. The summed E-state index contributed by atoms with van der Waals surface area (Å²) in [6, 6.07) is 10.7. The van der Waals surface area contributed by atoms with Crippen LogP contribution in [0.5, 0.6) is 46.0 Å². The molecule has 0 atom stereocenters. The lowest BCUT2D eigenvalue weighted by atomic mass is 10.0. The quantitative estimate of drug-likeness (QED) is 0.402. The minimum absolute atomic E-state index is 0.489. The average Bonchev–Trinajstić information content (AvgIpc) is 2.97. The molecule has 0 aliphatic heterocycles. The van der Waals surface area contributed by atoms with E-state index in [4.69, 9.17) is 37.9 Å². The maximum absolute atomic E-state index is 5.49. The van der Waals surface area contributed by atoms with Crippen molar-refractivity contribution >= 4 is 0 Å². The van der Waals surface area contributed by atoms with E-state index in [1.54, 1.807) is 93.3 Å². The van der Waals surface area contributed by atoms with Gasteiger partial charge in [0.25, 0.3) is 0 Å². The number of ether oxygens (including phenoxy) is 8. The van der Waals surface area contributed by atoms with Crippen LogP contribution in [0.3, 0.4) is 0 Å². The summed E-state index contributed by atoms with van der Waals surface area (Å²) in [5, 5.41) is 0. The van der Waals surface area contributed by atoms with E-state index in [9.17, 15) is 0 Å². The van der Waals surface area contributed by atoms with Gasteiger partial charge in [-0.3, -0.25) is 0 Å². The number of hydrogen-bond donors (Lipinski definition) is 0. The molecule has 0 aromatic heterocycles. The normalized spacial score (nSPS) is 9.68. The van der Waals surface area contributed by atoms with Crippen molar-refractivity contribution in [2.24, 2.45) is 0 Å². The van der Waals surface area contributed by atoms with Gasteiger partial charge in [-0.2, -0.15) is 0 Å². The Hall–Kier alpha value is -4.82. The van der Waals surface area contributed by atoms with Gasteiger partial charge in [-0.1, -0.05) is 23.7 Å². The van der Waals surface area contributed by atoms with Crippen LogP contribution in [0, 0.1) is 23.7 Å². The molecule has 0 bridgehead atoms. The first kappa shape index (κ1) is 27.8. The van der Waals surface area contributed by atoms with E-state index in [1.165, 1.54) is 0 Å². The van der Waals surface area contributed by atoms with E-state index in [0.29, 0.717) is 68.2 Å². The fourth-order valence-electron chi connectivity index (χ4n) is 3.67. The Labute approximate surface area is 223 Å². The van der Waals surface area contributed by atoms with Gasteiger partial charge in [0.05, 0.1) is 56.9 Å². The van der Waals surface area contributed by atoms with E-state index in [-0.39, 0.29) is 0 Å². The molecule has 8 nitrogen and oxygen atoms in total. The van der Waals surface area contributed by atoms with Crippen molar-refractivity contribution in [3.8, 4) is 69.7 Å². The molecule has 3 rings (SSSR count). The van der Waals surface area contributed by atoms with Gasteiger partial charge in [-0.05, 0) is 24.3 Å². The second kappa shape index (κ2) is 12.9. The zero-order chi connectivity index (χ0) is 27.7. The third kappa shape index (κ3) is 5.93. The molecular formula is C30H30O8. The van der Waals surface area contributed by atoms with Crippen molar-refractivity contribution in [3.63, 3.8) is 0 Å². The van der Waals surface area contributed by atoms with E-state index < -0.39 is 0 Å². The van der Waals surface area contributed by atoms with E-state index in [1.807, 2.05) is 0 Å². The van der Waals surface area contributed by atoms with Crippen LogP contribution >= 0.6 is 0 Å². The summed E-state index contributed by atoms with van der Waals surface area (Å²) in [6.45, 7) is 0. The van der Waals surface area contributed by atoms with Crippen LogP contribution in [0.25, 0.3) is 0 Å². The third-order valence-corrected chi connectivity index (χ3v) is 5.54. The second-order valence-corrected chi connectivity index (χ2v) is 7.58. The lowest BCUT2D eigenvalue weighted by Gasteiger charge is -2.12. The number of methoxy groups -OCH3 is 8. The summed E-state index contributed by atoms with van der Waals surface area (Å²) in [6.07, 6.45) is 0. The Kier molecular flexibility index (Phi) is 9.45. The minimum atomic E-state index is 0.489. The number of benzene rings is 3. The Balaban J connectivity index is 2.15. The fraction of sp³-hybridized carbons (Fsp3) is 0.267. The van der Waals surface area contributed by atoms with Gasteiger partial charge in [-0.25, -0.2) is 0 Å². The van der Waals surface area contributed by atoms with Gasteiger partial charge < -0.3 is 37.9 Å². The van der Waals surface area contributed by atoms with Crippen LogP contribution < -0.4 is 37.9 Å². The van der Waals surface area contributed by atoms with Gasteiger partial charge in [-0.15, -0.1) is 0 Å². The predicted molar refractivity (Wildman–Crippen MR) is 144 cm³/mol. The molecule has 0 aliphatic rings. The fourth-order valence-corrected chi connectivity index (χ4v) is 3.67. The van der Waals surface area contributed by atoms with Gasteiger partial charge in [0.15, 0.2) is 34.5 Å². The molecule has 0 fully saturated rings. The Bertz CT molecular complexity index is 1260. The van der Waals surface area contributed by atoms with Crippen LogP contribution in [0.4, 0.5) is 0 Å². The van der Waals surface area contributed by atoms with Gasteiger partial charge in [0.1, 0.15) is 0 Å². The second-order valence-electron chi connectivity index (χ2n) is 7.58. The van der Waals surface area contributed by atoms with Crippen molar-refractivity contribution in [2.75, 3.05) is 56.9 Å². The van der Waals surface area contributed by atoms with E-state index >= 15 is 0 Å². The molecule has 0 heterocycles. The first-order valence-electron chi connectivity index (χ1n) is 11.4. The zero-order valence-corrected chi connectivity index (χ0v) is 22.7. The van der Waals surface area contributed by atoms with Crippen molar-refractivity contribution in [1.29, 1.82) is 0 Å². The molecule has 0 saturated heterocycles. The third-order valence-electron chi connectivity index (χ3n) is 5.54. The molecule has 198 valence electrons. The highest BCUT2D eigenvalue weighted by Gasteiger charge is 2.14. The molecule has 8 heteroatoms. The van der Waals surface area contributed by atoms with Gasteiger partial charge in [0.2, 0.25) is 11.5 Å². The average molecular weight is 519 g/mol. The Morgan fingerprint density at radius 1 is 0.342 bits per heavy atom. The summed E-state index contributed by atoms with van der Waals surface area (Å²) < 4.78 is 43.6. The lowest BCUT2D eigenvalue weighted by molar-refractivity contribution is 0.324. The van der Waals surface area contributed by atoms with Gasteiger partial charge >= 0.3 is 0 Å². The molecule has 0 aliphatic carbocycles. The van der Waals surface area contributed by atoms with Crippen molar-refractivity contribution in [3.05, 3.63) is 58.7 Å². The molecule has 0 amide bonds. The summed E-state index contributed by atoms with van der Waals surface area (Å²) in [7, 11) is 12.5. The smallest absolute Gasteiger partial charge is 0.203 e. The zero-order valence-electron chi connectivity index (χ0n) is 22.7. The maximum Gasteiger partial charge on any atom is 0.203 e. The van der Waals surface area contributed by atoms with Crippen LogP contribution in [-0.2, 0) is 0 Å². The predicted octanol–water partition coefficient (Wildman–Crippen LogP) is 4.56. The van der Waals surface area contributed by atoms with Gasteiger partial charge in [0, 0.05) is 34.4 Å². The molecule has 0 unspecified atom stereocenters. The SMILES string of the molecule is COc1cc(C#Cc2cc(OC)c(OC)c(OC)c2)c(C#Cc2cc(OC)c(OC)c(OC)c2)cc1OC. The monoisotopic (exact) mass is 518 g/mol. The van der Waals surface area contributed by atoms with Crippen LogP contribution in [-0.4, -0.2) is 56.9 Å². The molecule has 38 heavy (non-hydrogen) atoms. The molecule has 0 spiro atoms. The first-order valence-corrected chi connectivity index (χ1v) is 11.4. The largest absolute Gasteiger partial charge is 0.493 e. The van der Waals surface area contributed by atoms with Crippen LogP contribution in [0.1, 0.15) is 22.3 Å². The highest BCUT2D eigenvalue weighted by molar-refractivity contribution is 5.64.